The summed E-state index contributed by atoms with van der Waals surface area (Å²) in [4.78, 5) is 0. The van der Waals surface area contributed by atoms with Crippen molar-refractivity contribution in [1.29, 1.82) is 0 Å². The molecule has 0 saturated heterocycles. The first kappa shape index (κ1) is 12.7. The molecule has 0 aliphatic heterocycles. The maximum absolute atomic E-state index is 10.3. The van der Waals surface area contributed by atoms with Gasteiger partial charge in [0.25, 0.3) is 0 Å². The summed E-state index contributed by atoms with van der Waals surface area (Å²) < 4.78 is 7.01. The maximum Gasteiger partial charge on any atom is 0.183 e. The summed E-state index contributed by atoms with van der Waals surface area (Å²) in [5, 5.41) is 10.3. The Labute approximate surface area is 113 Å². The zero-order valence-electron chi connectivity index (χ0n) is 9.25. The molecule has 1 fully saturated rings. The van der Waals surface area contributed by atoms with Gasteiger partial charge in [0.15, 0.2) is 4.67 Å². The Morgan fingerprint density at radius 2 is 2.19 bits per heavy atom. The Hall–Kier alpha value is 0.200. The van der Waals surface area contributed by atoms with E-state index in [4.69, 9.17) is 4.42 Å². The molecule has 0 amide bonds. The molecule has 1 aromatic heterocycles. The maximum atomic E-state index is 10.3. The van der Waals surface area contributed by atoms with E-state index in [0.29, 0.717) is 16.3 Å². The molecule has 1 aliphatic carbocycles. The van der Waals surface area contributed by atoms with Crippen molar-refractivity contribution in [3.8, 4) is 0 Å². The third-order valence-corrected chi connectivity index (χ3v) is 5.09. The van der Waals surface area contributed by atoms with Gasteiger partial charge in [-0.1, -0.05) is 19.8 Å². The van der Waals surface area contributed by atoms with E-state index < -0.39 is 6.10 Å². The smallest absolute Gasteiger partial charge is 0.183 e. The van der Waals surface area contributed by atoms with Crippen LogP contribution in [0.4, 0.5) is 0 Å². The first-order valence-corrected chi connectivity index (χ1v) is 7.29. The molecule has 0 spiro atoms. The summed E-state index contributed by atoms with van der Waals surface area (Å²) in [6, 6.07) is 1.86. The van der Waals surface area contributed by atoms with Crippen molar-refractivity contribution in [1.82, 2.24) is 0 Å². The Morgan fingerprint density at radius 1 is 1.44 bits per heavy atom. The number of hydrogen-bond donors (Lipinski definition) is 1. The van der Waals surface area contributed by atoms with E-state index in [1.165, 1.54) is 12.8 Å². The van der Waals surface area contributed by atoms with Crippen molar-refractivity contribution in [2.24, 2.45) is 11.8 Å². The van der Waals surface area contributed by atoms with E-state index in [-0.39, 0.29) is 0 Å². The van der Waals surface area contributed by atoms with Crippen LogP contribution in [-0.2, 0) is 0 Å². The normalized spacial score (nSPS) is 28.0. The highest BCUT2D eigenvalue weighted by molar-refractivity contribution is 9.13. The van der Waals surface area contributed by atoms with Gasteiger partial charge in [-0.25, -0.2) is 0 Å². The summed E-state index contributed by atoms with van der Waals surface area (Å²) >= 11 is 6.66. The van der Waals surface area contributed by atoms with Crippen molar-refractivity contribution in [2.45, 2.75) is 38.7 Å². The Morgan fingerprint density at radius 3 is 2.75 bits per heavy atom. The van der Waals surface area contributed by atoms with E-state index in [1.807, 2.05) is 6.07 Å². The molecule has 90 valence electrons. The minimum absolute atomic E-state index is 0.341. The quantitative estimate of drug-likeness (QED) is 0.840. The molecule has 0 aromatic carbocycles. The summed E-state index contributed by atoms with van der Waals surface area (Å²) in [7, 11) is 0. The fraction of sp³-hybridized carbons (Fsp3) is 0.667. The van der Waals surface area contributed by atoms with Crippen LogP contribution < -0.4 is 0 Å². The Bertz CT molecular complexity index is 342. The molecule has 0 radical (unpaired) electrons. The zero-order valence-corrected chi connectivity index (χ0v) is 12.4. The van der Waals surface area contributed by atoms with Gasteiger partial charge in [0.2, 0.25) is 0 Å². The van der Waals surface area contributed by atoms with Crippen LogP contribution in [0.3, 0.4) is 0 Å². The lowest BCUT2D eigenvalue weighted by Gasteiger charge is -2.29. The van der Waals surface area contributed by atoms with Crippen LogP contribution >= 0.6 is 31.9 Å². The van der Waals surface area contributed by atoms with Gasteiger partial charge in [-0.05, 0) is 62.6 Å². The Balaban J connectivity index is 2.08. The number of aliphatic hydroxyl groups is 1. The molecule has 2 nitrogen and oxygen atoms in total. The molecule has 3 atom stereocenters. The molecule has 16 heavy (non-hydrogen) atoms. The molecule has 1 N–H and O–H groups in total. The number of aliphatic hydroxyl groups excluding tert-OH is 1. The van der Waals surface area contributed by atoms with Crippen molar-refractivity contribution >= 4 is 31.9 Å². The van der Waals surface area contributed by atoms with Crippen LogP contribution in [0.1, 0.15) is 44.5 Å². The molecule has 3 unspecified atom stereocenters. The summed E-state index contributed by atoms with van der Waals surface area (Å²) in [5.74, 6) is 1.72. The van der Waals surface area contributed by atoms with Gasteiger partial charge >= 0.3 is 0 Å². The lowest BCUT2D eigenvalue weighted by Crippen LogP contribution is -2.19. The van der Waals surface area contributed by atoms with Gasteiger partial charge in [0.1, 0.15) is 11.9 Å². The SMILES string of the molecule is CC1CCCC(C(O)c2cc(Br)c(Br)o2)C1. The third-order valence-electron chi connectivity index (χ3n) is 3.38. The predicted octanol–water partition coefficient (Wildman–Crippen LogP) is 4.66. The van der Waals surface area contributed by atoms with E-state index >= 15 is 0 Å². The third kappa shape index (κ3) is 2.71. The van der Waals surface area contributed by atoms with Gasteiger partial charge in [-0.3, -0.25) is 0 Å². The highest BCUT2D eigenvalue weighted by Crippen LogP contribution is 2.39. The molecule has 1 heterocycles. The fourth-order valence-electron chi connectivity index (χ4n) is 2.51. The molecule has 1 aliphatic rings. The molecular formula is C12H16Br2O2. The molecule has 0 bridgehead atoms. The second kappa shape index (κ2) is 5.23. The lowest BCUT2D eigenvalue weighted by atomic mass is 9.79. The van der Waals surface area contributed by atoms with Crippen LogP contribution in [0.2, 0.25) is 0 Å². The minimum Gasteiger partial charge on any atom is -0.450 e. The van der Waals surface area contributed by atoms with E-state index in [9.17, 15) is 5.11 Å². The number of hydrogen-bond acceptors (Lipinski definition) is 2. The fourth-order valence-corrected chi connectivity index (χ4v) is 3.12. The molecular weight excluding hydrogens is 336 g/mol. The van der Waals surface area contributed by atoms with Crippen LogP contribution in [0.5, 0.6) is 0 Å². The van der Waals surface area contributed by atoms with Crippen LogP contribution in [0.25, 0.3) is 0 Å². The first-order valence-electron chi connectivity index (χ1n) is 5.70. The number of rotatable bonds is 2. The van der Waals surface area contributed by atoms with Crippen molar-refractivity contribution in [3.63, 3.8) is 0 Å². The summed E-state index contributed by atoms with van der Waals surface area (Å²) in [6.07, 6.45) is 4.23. The molecule has 1 aromatic rings. The zero-order chi connectivity index (χ0) is 11.7. The van der Waals surface area contributed by atoms with Crippen molar-refractivity contribution in [3.05, 3.63) is 21.0 Å². The Kier molecular flexibility index (Phi) is 4.14. The van der Waals surface area contributed by atoms with Gasteiger partial charge in [0.05, 0.1) is 4.47 Å². The van der Waals surface area contributed by atoms with E-state index in [1.54, 1.807) is 0 Å². The summed E-state index contributed by atoms with van der Waals surface area (Å²) in [5.41, 5.74) is 0. The minimum atomic E-state index is -0.467. The van der Waals surface area contributed by atoms with Gasteiger partial charge < -0.3 is 9.52 Å². The van der Waals surface area contributed by atoms with Gasteiger partial charge in [-0.2, -0.15) is 0 Å². The van der Waals surface area contributed by atoms with Crippen LogP contribution in [0.15, 0.2) is 19.6 Å². The summed E-state index contributed by atoms with van der Waals surface area (Å²) in [6.45, 7) is 2.26. The molecule has 1 saturated carbocycles. The molecule has 4 heteroatoms. The average molecular weight is 352 g/mol. The highest BCUT2D eigenvalue weighted by Gasteiger charge is 2.28. The highest BCUT2D eigenvalue weighted by atomic mass is 79.9. The van der Waals surface area contributed by atoms with Gasteiger partial charge in [-0.15, -0.1) is 0 Å². The van der Waals surface area contributed by atoms with E-state index in [2.05, 4.69) is 38.8 Å². The van der Waals surface area contributed by atoms with E-state index in [0.717, 1.165) is 23.2 Å². The van der Waals surface area contributed by atoms with Crippen molar-refractivity contribution < 1.29 is 9.52 Å². The average Bonchev–Trinajstić information content (AvgIpc) is 2.58. The molecule has 2 rings (SSSR count). The monoisotopic (exact) mass is 350 g/mol. The largest absolute Gasteiger partial charge is 0.450 e. The topological polar surface area (TPSA) is 33.4 Å². The van der Waals surface area contributed by atoms with Crippen molar-refractivity contribution in [2.75, 3.05) is 0 Å². The predicted molar refractivity (Wildman–Crippen MR) is 70.2 cm³/mol. The number of halogens is 2. The van der Waals surface area contributed by atoms with Crippen LogP contribution in [-0.4, -0.2) is 5.11 Å². The van der Waals surface area contributed by atoms with Gasteiger partial charge in [0, 0.05) is 0 Å². The second-order valence-corrected chi connectivity index (χ2v) is 6.32. The standard InChI is InChI=1S/C12H16Br2O2/c1-7-3-2-4-8(5-7)11(15)10-6-9(13)12(14)16-10/h6-8,11,15H,2-5H2,1H3. The lowest BCUT2D eigenvalue weighted by molar-refractivity contribution is 0.0530. The first-order chi connectivity index (χ1) is 7.58. The number of furan rings is 1. The van der Waals surface area contributed by atoms with Crippen LogP contribution in [0, 0.1) is 11.8 Å². The second-order valence-electron chi connectivity index (χ2n) is 4.75.